The van der Waals surface area contributed by atoms with Crippen LogP contribution in [0.1, 0.15) is 24.8 Å². The molecule has 1 aromatic heterocycles. The van der Waals surface area contributed by atoms with E-state index in [0.29, 0.717) is 6.42 Å². The maximum absolute atomic E-state index is 8.30. The number of aromatic nitrogens is 2. The Kier molecular flexibility index (Phi) is 3.34. The highest BCUT2D eigenvalue weighted by molar-refractivity contribution is 5.03. The smallest absolute Gasteiger partial charge is 0.0621 e. The molecule has 1 heterocycles. The standard InChI is InChI=1S/C9H13N3/c1-12-8-9(7-11-12)5-3-2-4-6-10/h7-8H,2-5H2,1H3. The topological polar surface area (TPSA) is 41.6 Å². The molecule has 1 rings (SSSR count). The molecule has 1 aromatic rings. The monoisotopic (exact) mass is 163 g/mol. The van der Waals surface area contributed by atoms with Gasteiger partial charge in [-0.1, -0.05) is 0 Å². The van der Waals surface area contributed by atoms with Crippen molar-refractivity contribution < 1.29 is 0 Å². The Hall–Kier alpha value is -1.30. The van der Waals surface area contributed by atoms with E-state index in [9.17, 15) is 0 Å². The summed E-state index contributed by atoms with van der Waals surface area (Å²) in [6.07, 6.45) is 7.68. The average Bonchev–Trinajstić information content (AvgIpc) is 2.45. The van der Waals surface area contributed by atoms with E-state index in [4.69, 9.17) is 5.26 Å². The van der Waals surface area contributed by atoms with Crippen LogP contribution in [0.15, 0.2) is 12.4 Å². The van der Waals surface area contributed by atoms with E-state index in [2.05, 4.69) is 11.2 Å². The van der Waals surface area contributed by atoms with Crippen molar-refractivity contribution >= 4 is 0 Å². The molecule has 0 saturated heterocycles. The zero-order valence-electron chi connectivity index (χ0n) is 7.32. The van der Waals surface area contributed by atoms with Gasteiger partial charge in [0.25, 0.3) is 0 Å². The van der Waals surface area contributed by atoms with Crippen LogP contribution in [0.3, 0.4) is 0 Å². The van der Waals surface area contributed by atoms with Gasteiger partial charge in [-0.2, -0.15) is 10.4 Å². The van der Waals surface area contributed by atoms with E-state index in [1.807, 2.05) is 19.4 Å². The molecule has 3 heteroatoms. The fourth-order valence-electron chi connectivity index (χ4n) is 1.13. The van der Waals surface area contributed by atoms with Gasteiger partial charge in [-0.3, -0.25) is 4.68 Å². The Labute approximate surface area is 72.6 Å². The zero-order valence-corrected chi connectivity index (χ0v) is 7.32. The van der Waals surface area contributed by atoms with E-state index in [1.54, 1.807) is 4.68 Å². The van der Waals surface area contributed by atoms with Gasteiger partial charge in [-0.15, -0.1) is 0 Å². The van der Waals surface area contributed by atoms with Gasteiger partial charge >= 0.3 is 0 Å². The van der Waals surface area contributed by atoms with Crippen LogP contribution in [0.25, 0.3) is 0 Å². The minimum absolute atomic E-state index is 0.667. The SMILES string of the molecule is Cn1cc(CCCCC#N)cn1. The zero-order chi connectivity index (χ0) is 8.81. The van der Waals surface area contributed by atoms with Gasteiger partial charge in [0.2, 0.25) is 0 Å². The molecule has 0 aliphatic carbocycles. The van der Waals surface area contributed by atoms with E-state index in [-0.39, 0.29) is 0 Å². The first kappa shape index (κ1) is 8.79. The first-order valence-corrected chi connectivity index (χ1v) is 4.17. The molecular formula is C9H13N3. The minimum atomic E-state index is 0.667. The molecule has 0 amide bonds. The lowest BCUT2D eigenvalue weighted by atomic mass is 10.1. The fraction of sp³-hybridized carbons (Fsp3) is 0.556. The summed E-state index contributed by atoms with van der Waals surface area (Å²) in [7, 11) is 1.92. The Morgan fingerprint density at radius 3 is 3.00 bits per heavy atom. The normalized spacial score (nSPS) is 9.67. The van der Waals surface area contributed by atoms with Crippen LogP contribution in [-0.4, -0.2) is 9.78 Å². The average molecular weight is 163 g/mol. The van der Waals surface area contributed by atoms with Crippen molar-refractivity contribution in [3.8, 4) is 6.07 Å². The lowest BCUT2D eigenvalue weighted by Crippen LogP contribution is -1.85. The summed E-state index contributed by atoms with van der Waals surface area (Å²) in [6, 6.07) is 2.14. The lowest BCUT2D eigenvalue weighted by Gasteiger charge is -1.92. The molecule has 0 spiro atoms. The Balaban J connectivity index is 2.21. The third kappa shape index (κ3) is 2.75. The summed E-state index contributed by atoms with van der Waals surface area (Å²) in [4.78, 5) is 0. The van der Waals surface area contributed by atoms with Crippen LogP contribution >= 0.6 is 0 Å². The lowest BCUT2D eigenvalue weighted by molar-refractivity contribution is 0.747. The summed E-state index contributed by atoms with van der Waals surface area (Å²) in [5, 5.41) is 12.4. The van der Waals surface area contributed by atoms with Crippen molar-refractivity contribution in [2.45, 2.75) is 25.7 Å². The molecule has 64 valence electrons. The third-order valence-corrected chi connectivity index (χ3v) is 1.76. The minimum Gasteiger partial charge on any atom is -0.276 e. The second-order valence-corrected chi connectivity index (χ2v) is 2.89. The molecule has 0 unspecified atom stereocenters. The molecular weight excluding hydrogens is 150 g/mol. The van der Waals surface area contributed by atoms with Gasteiger partial charge in [0.05, 0.1) is 12.3 Å². The first-order valence-electron chi connectivity index (χ1n) is 4.17. The molecule has 0 N–H and O–H groups in total. The molecule has 0 aliphatic rings. The second kappa shape index (κ2) is 4.55. The number of nitriles is 1. The number of rotatable bonds is 4. The fourth-order valence-corrected chi connectivity index (χ4v) is 1.13. The van der Waals surface area contributed by atoms with Gasteiger partial charge < -0.3 is 0 Å². The van der Waals surface area contributed by atoms with Crippen LogP contribution in [0.4, 0.5) is 0 Å². The molecule has 0 fully saturated rings. The number of hydrogen-bond donors (Lipinski definition) is 0. The largest absolute Gasteiger partial charge is 0.276 e. The Morgan fingerprint density at radius 2 is 2.42 bits per heavy atom. The van der Waals surface area contributed by atoms with Crippen molar-refractivity contribution in [2.75, 3.05) is 0 Å². The Morgan fingerprint density at radius 1 is 1.58 bits per heavy atom. The van der Waals surface area contributed by atoms with E-state index >= 15 is 0 Å². The van der Waals surface area contributed by atoms with Crippen LogP contribution < -0.4 is 0 Å². The molecule has 0 aromatic carbocycles. The van der Waals surface area contributed by atoms with Crippen molar-refractivity contribution in [2.24, 2.45) is 7.05 Å². The summed E-state index contributed by atoms with van der Waals surface area (Å²) in [5.74, 6) is 0. The molecule has 12 heavy (non-hydrogen) atoms. The molecule has 0 bridgehead atoms. The summed E-state index contributed by atoms with van der Waals surface area (Å²) >= 11 is 0. The number of hydrogen-bond acceptors (Lipinski definition) is 2. The van der Waals surface area contributed by atoms with E-state index in [0.717, 1.165) is 19.3 Å². The highest BCUT2D eigenvalue weighted by atomic mass is 15.2. The van der Waals surface area contributed by atoms with Gasteiger partial charge in [0, 0.05) is 19.7 Å². The quantitative estimate of drug-likeness (QED) is 0.633. The van der Waals surface area contributed by atoms with Crippen LogP contribution in [0.5, 0.6) is 0 Å². The van der Waals surface area contributed by atoms with E-state index in [1.165, 1.54) is 5.56 Å². The van der Waals surface area contributed by atoms with Gasteiger partial charge in [-0.25, -0.2) is 0 Å². The van der Waals surface area contributed by atoms with Crippen LogP contribution in [0.2, 0.25) is 0 Å². The van der Waals surface area contributed by atoms with Gasteiger partial charge in [0.15, 0.2) is 0 Å². The van der Waals surface area contributed by atoms with Crippen LogP contribution in [0, 0.1) is 11.3 Å². The molecule has 0 aliphatic heterocycles. The molecule has 3 nitrogen and oxygen atoms in total. The van der Waals surface area contributed by atoms with E-state index < -0.39 is 0 Å². The first-order chi connectivity index (χ1) is 5.83. The van der Waals surface area contributed by atoms with Gasteiger partial charge in [-0.05, 0) is 24.8 Å². The highest BCUT2D eigenvalue weighted by Gasteiger charge is 1.95. The second-order valence-electron chi connectivity index (χ2n) is 2.89. The maximum Gasteiger partial charge on any atom is 0.0621 e. The predicted octanol–water partition coefficient (Wildman–Crippen LogP) is 1.66. The van der Waals surface area contributed by atoms with Crippen LogP contribution in [-0.2, 0) is 13.5 Å². The van der Waals surface area contributed by atoms with Crippen molar-refractivity contribution in [1.29, 1.82) is 5.26 Å². The van der Waals surface area contributed by atoms with Gasteiger partial charge in [0.1, 0.15) is 0 Å². The summed E-state index contributed by atoms with van der Waals surface area (Å²) in [5.41, 5.74) is 1.26. The Bertz CT molecular complexity index is 270. The maximum atomic E-state index is 8.30. The predicted molar refractivity (Wildman–Crippen MR) is 46.4 cm³/mol. The number of nitrogens with zero attached hydrogens (tertiary/aromatic N) is 3. The van der Waals surface area contributed by atoms with Crippen molar-refractivity contribution in [3.63, 3.8) is 0 Å². The van der Waals surface area contributed by atoms with Crippen molar-refractivity contribution in [3.05, 3.63) is 18.0 Å². The molecule has 0 saturated carbocycles. The number of aryl methyl sites for hydroxylation is 2. The summed E-state index contributed by atoms with van der Waals surface area (Å²) in [6.45, 7) is 0. The summed E-state index contributed by atoms with van der Waals surface area (Å²) < 4.78 is 1.81. The molecule has 0 radical (unpaired) electrons. The van der Waals surface area contributed by atoms with Crippen molar-refractivity contribution in [1.82, 2.24) is 9.78 Å². The number of unbranched alkanes of at least 4 members (excludes halogenated alkanes) is 2. The highest BCUT2D eigenvalue weighted by Crippen LogP contribution is 2.04. The molecule has 0 atom stereocenters. The third-order valence-electron chi connectivity index (χ3n) is 1.76.